The van der Waals surface area contributed by atoms with Crippen LogP contribution in [0.5, 0.6) is 11.5 Å². The summed E-state index contributed by atoms with van der Waals surface area (Å²) in [6.45, 7) is 3.30. The Balaban J connectivity index is 1.30. The van der Waals surface area contributed by atoms with Crippen LogP contribution in [0.1, 0.15) is 59.7 Å². The number of phenols is 1. The first-order chi connectivity index (χ1) is 27.6. The standard InChI is InChI=1S/C42H33Cl2F3N4O7/c1-3-58-33-16-22(6-15-32(33)53)35-27-13-14-28-34(39(56)50(37(28)54)26-11-4-21(5-12-26)20(2)52)29(27)18-30-38(55)51(40(57)41(30,35)23-7-9-25(43)10-8-23)49-36-31(44)17-24(19-48-36)42(45,46)47/h4-13,15-17,19,28-30,34-35,53H,3,14,18H2,1-2H3,(H,48,49)/t28-,29+,30-,34-,35-,41+/m0/s1. The Labute approximate surface area is 339 Å². The topological polar surface area (TPSA) is 146 Å². The molecular formula is C42H33Cl2F3N4O7. The molecule has 3 heterocycles. The van der Waals surface area contributed by atoms with Crippen LogP contribution in [0.3, 0.4) is 0 Å². The number of rotatable bonds is 8. The smallest absolute Gasteiger partial charge is 0.417 e. The van der Waals surface area contributed by atoms with Crippen LogP contribution in [-0.2, 0) is 30.8 Å². The molecule has 2 saturated heterocycles. The Hall–Kier alpha value is -5.73. The number of Topliss-reactive ketones (excluding diaryl/α,β-unsaturated/α-hetero) is 1. The summed E-state index contributed by atoms with van der Waals surface area (Å²) in [7, 11) is 0. The van der Waals surface area contributed by atoms with Crippen molar-refractivity contribution in [1.29, 1.82) is 0 Å². The third kappa shape index (κ3) is 6.03. The van der Waals surface area contributed by atoms with Gasteiger partial charge < -0.3 is 9.84 Å². The fourth-order valence-corrected chi connectivity index (χ4v) is 9.57. The van der Waals surface area contributed by atoms with E-state index >= 15 is 4.79 Å². The molecule has 0 unspecified atom stereocenters. The summed E-state index contributed by atoms with van der Waals surface area (Å²) >= 11 is 12.6. The molecule has 4 aromatic rings. The van der Waals surface area contributed by atoms with E-state index in [1.165, 1.54) is 37.3 Å². The number of nitrogens with one attached hydrogen (secondary N) is 1. The number of halogens is 5. The van der Waals surface area contributed by atoms with Crippen molar-refractivity contribution in [2.45, 2.75) is 44.2 Å². The molecule has 2 aliphatic heterocycles. The first-order valence-corrected chi connectivity index (χ1v) is 19.1. The molecule has 2 aliphatic carbocycles. The van der Waals surface area contributed by atoms with Crippen molar-refractivity contribution in [1.82, 2.24) is 9.99 Å². The number of aromatic nitrogens is 1. The minimum absolute atomic E-state index is 0.0877. The van der Waals surface area contributed by atoms with Gasteiger partial charge in [-0.1, -0.05) is 53.1 Å². The van der Waals surface area contributed by atoms with Gasteiger partial charge >= 0.3 is 6.18 Å². The molecule has 3 fully saturated rings. The highest BCUT2D eigenvalue weighted by molar-refractivity contribution is 6.33. The summed E-state index contributed by atoms with van der Waals surface area (Å²) < 4.78 is 46.3. The van der Waals surface area contributed by atoms with Crippen LogP contribution in [0, 0.1) is 23.7 Å². The van der Waals surface area contributed by atoms with Gasteiger partial charge in [0.05, 0.1) is 46.0 Å². The number of ether oxygens (including phenoxy) is 1. The number of carbonyl (C=O) groups is 5. The second-order valence-electron chi connectivity index (χ2n) is 14.7. The van der Waals surface area contributed by atoms with Crippen LogP contribution in [0.2, 0.25) is 10.0 Å². The first kappa shape index (κ1) is 39.1. The number of hydrazine groups is 1. The number of carbonyl (C=O) groups excluding carboxylic acids is 5. The Morgan fingerprint density at radius 3 is 2.31 bits per heavy atom. The number of ketones is 1. The van der Waals surface area contributed by atoms with Gasteiger partial charge in [-0.25, -0.2) is 4.98 Å². The molecule has 16 heteroatoms. The van der Waals surface area contributed by atoms with E-state index in [2.05, 4.69) is 10.4 Å². The highest BCUT2D eigenvalue weighted by Crippen LogP contribution is 2.64. The molecule has 298 valence electrons. The number of phenolic OH excluding ortho intramolecular Hbond substituents is 1. The van der Waals surface area contributed by atoms with E-state index in [1.54, 1.807) is 43.3 Å². The molecule has 1 saturated carbocycles. The molecule has 11 nitrogen and oxygen atoms in total. The van der Waals surface area contributed by atoms with E-state index in [0.717, 1.165) is 4.90 Å². The molecule has 58 heavy (non-hydrogen) atoms. The van der Waals surface area contributed by atoms with Crippen LogP contribution in [0.4, 0.5) is 24.7 Å². The Morgan fingerprint density at radius 1 is 0.966 bits per heavy atom. The second-order valence-corrected chi connectivity index (χ2v) is 15.5. The number of pyridine rings is 1. The number of aromatic hydroxyl groups is 1. The third-order valence-electron chi connectivity index (χ3n) is 11.7. The van der Waals surface area contributed by atoms with E-state index in [0.29, 0.717) is 44.6 Å². The van der Waals surface area contributed by atoms with Crippen molar-refractivity contribution in [2.24, 2.45) is 23.7 Å². The Bertz CT molecular complexity index is 2440. The minimum Gasteiger partial charge on any atom is -0.504 e. The van der Waals surface area contributed by atoms with Crippen molar-refractivity contribution in [3.63, 3.8) is 0 Å². The summed E-state index contributed by atoms with van der Waals surface area (Å²) in [6, 6.07) is 17.7. The van der Waals surface area contributed by atoms with Gasteiger partial charge in [0.25, 0.3) is 11.8 Å². The molecule has 0 spiro atoms. The average Bonchev–Trinajstić information content (AvgIpc) is 3.57. The quantitative estimate of drug-likeness (QED) is 0.103. The van der Waals surface area contributed by atoms with Crippen LogP contribution >= 0.6 is 23.2 Å². The number of hydrogen-bond acceptors (Lipinski definition) is 9. The predicted molar refractivity (Wildman–Crippen MR) is 205 cm³/mol. The van der Waals surface area contributed by atoms with Gasteiger partial charge in [0.1, 0.15) is 0 Å². The van der Waals surface area contributed by atoms with Gasteiger partial charge in [-0.05, 0) is 98.3 Å². The highest BCUT2D eigenvalue weighted by atomic mass is 35.5. The second kappa shape index (κ2) is 14.3. The maximum atomic E-state index is 15.4. The third-order valence-corrected chi connectivity index (χ3v) is 12.2. The summed E-state index contributed by atoms with van der Waals surface area (Å²) in [5, 5.41) is 11.3. The van der Waals surface area contributed by atoms with Crippen molar-refractivity contribution in [3.05, 3.63) is 123 Å². The number of nitrogens with zero attached hydrogens (tertiary/aromatic N) is 3. The Morgan fingerprint density at radius 2 is 1.67 bits per heavy atom. The lowest BCUT2D eigenvalue weighted by atomic mass is 9.49. The number of benzene rings is 3. The maximum Gasteiger partial charge on any atom is 0.417 e. The van der Waals surface area contributed by atoms with E-state index in [4.69, 9.17) is 27.9 Å². The molecule has 8 rings (SSSR count). The van der Waals surface area contributed by atoms with Crippen LogP contribution in [0.15, 0.2) is 90.6 Å². The van der Waals surface area contributed by atoms with Crippen LogP contribution in [0.25, 0.3) is 0 Å². The molecule has 0 bridgehead atoms. The molecule has 1 aromatic heterocycles. The van der Waals surface area contributed by atoms with Gasteiger partial charge in [0, 0.05) is 22.7 Å². The molecule has 4 amide bonds. The van der Waals surface area contributed by atoms with E-state index < -0.39 is 75.4 Å². The van der Waals surface area contributed by atoms with E-state index in [9.17, 15) is 37.5 Å². The fraction of sp³-hybridized carbons (Fsp3) is 0.286. The monoisotopic (exact) mass is 832 g/mol. The van der Waals surface area contributed by atoms with Crippen molar-refractivity contribution in [3.8, 4) is 11.5 Å². The lowest BCUT2D eigenvalue weighted by Gasteiger charge is -2.50. The lowest BCUT2D eigenvalue weighted by Crippen LogP contribution is -2.53. The van der Waals surface area contributed by atoms with Gasteiger partial charge in [-0.2, -0.15) is 18.2 Å². The SMILES string of the molecule is CCOc1cc([C@H]2C3=CC[C@@H]4C(=O)N(c5ccc(C(C)=O)cc5)C(=O)[C@@H]4[C@@H]3C[C@H]3C(=O)N(Nc4ncc(C(F)(F)F)cc4Cl)C(=O)[C@@]23c2ccc(Cl)cc2)ccc1O. The fourth-order valence-electron chi connectivity index (χ4n) is 9.24. The number of allylic oxidation sites excluding steroid dienone is 2. The van der Waals surface area contributed by atoms with E-state index in [1.807, 2.05) is 6.08 Å². The van der Waals surface area contributed by atoms with Crippen molar-refractivity contribution >= 4 is 64.1 Å². The molecule has 0 radical (unpaired) electrons. The summed E-state index contributed by atoms with van der Waals surface area (Å²) in [6.07, 6.45) is -2.37. The average molecular weight is 834 g/mol. The minimum atomic E-state index is -4.77. The number of alkyl halides is 3. The molecule has 6 atom stereocenters. The summed E-state index contributed by atoms with van der Waals surface area (Å²) in [5.41, 5.74) is 1.77. The lowest BCUT2D eigenvalue weighted by molar-refractivity contribution is -0.139. The van der Waals surface area contributed by atoms with Gasteiger partial charge in [-0.3, -0.25) is 34.3 Å². The zero-order chi connectivity index (χ0) is 41.4. The summed E-state index contributed by atoms with van der Waals surface area (Å²) in [4.78, 5) is 75.9. The summed E-state index contributed by atoms with van der Waals surface area (Å²) in [5.74, 6) is -7.98. The van der Waals surface area contributed by atoms with Gasteiger partial charge in [0.2, 0.25) is 11.8 Å². The number of hydrogen-bond donors (Lipinski definition) is 2. The van der Waals surface area contributed by atoms with E-state index in [-0.39, 0.29) is 48.2 Å². The first-order valence-electron chi connectivity index (χ1n) is 18.4. The zero-order valence-corrected chi connectivity index (χ0v) is 32.2. The number of imide groups is 2. The number of fused-ring (bicyclic) bond motifs is 4. The zero-order valence-electron chi connectivity index (χ0n) is 30.7. The van der Waals surface area contributed by atoms with Crippen molar-refractivity contribution in [2.75, 3.05) is 16.9 Å². The molecule has 3 aromatic carbocycles. The highest BCUT2D eigenvalue weighted by Gasteiger charge is 2.70. The normalized spacial score (nSPS) is 25.3. The van der Waals surface area contributed by atoms with Crippen molar-refractivity contribution < 1.29 is 47.0 Å². The van der Waals surface area contributed by atoms with Crippen LogP contribution in [-0.4, -0.2) is 51.1 Å². The van der Waals surface area contributed by atoms with Gasteiger partial charge in [-0.15, -0.1) is 0 Å². The molecular weight excluding hydrogens is 800 g/mol. The number of amides is 4. The Kier molecular flexibility index (Phi) is 9.63. The predicted octanol–water partition coefficient (Wildman–Crippen LogP) is 7.90. The largest absolute Gasteiger partial charge is 0.504 e. The van der Waals surface area contributed by atoms with Crippen LogP contribution < -0.4 is 15.1 Å². The maximum absolute atomic E-state index is 15.4. The van der Waals surface area contributed by atoms with Gasteiger partial charge in [0.15, 0.2) is 23.1 Å². The molecule has 2 N–H and O–H groups in total. The number of anilines is 2. The molecule has 4 aliphatic rings.